The predicted octanol–water partition coefficient (Wildman–Crippen LogP) is 2.66. The number of aliphatic hydroxyl groups excluding tert-OH is 1. The van der Waals surface area contributed by atoms with Gasteiger partial charge in [0, 0.05) is 16.0 Å². The Hall–Kier alpha value is -2.76. The van der Waals surface area contributed by atoms with Crippen molar-refractivity contribution in [1.29, 1.82) is 0 Å². The number of aliphatic hydroxyl groups is 1. The number of rotatable bonds is 5. The Kier molecular flexibility index (Phi) is 6.01. The van der Waals surface area contributed by atoms with Crippen LogP contribution in [0.25, 0.3) is 16.9 Å². The summed E-state index contributed by atoms with van der Waals surface area (Å²) in [5.74, 6) is -1.29. The zero-order chi connectivity index (χ0) is 21.2. The standard InChI is InChI=1S/C17H12ClF3N4O3S/c18-10-3-1-9(2-4-10)13-5-12(15(27)23-14(7-26)17(19,20)21)16(28)25(24-13)11-6-22-29-8-11/h1-6,8,14,26H,7H2,(H,23,27)/t14-/m1/s1. The van der Waals surface area contributed by atoms with E-state index in [0.717, 1.165) is 22.3 Å². The van der Waals surface area contributed by atoms with E-state index in [4.69, 9.17) is 16.7 Å². The number of carbonyl (C=O) groups is 1. The Morgan fingerprint density at radius 2 is 2.00 bits per heavy atom. The number of aromatic nitrogens is 3. The van der Waals surface area contributed by atoms with Gasteiger partial charge in [0.25, 0.3) is 11.5 Å². The van der Waals surface area contributed by atoms with Crippen LogP contribution in [0.2, 0.25) is 5.02 Å². The van der Waals surface area contributed by atoms with E-state index in [1.165, 1.54) is 11.6 Å². The van der Waals surface area contributed by atoms with E-state index in [9.17, 15) is 22.8 Å². The van der Waals surface area contributed by atoms with E-state index in [1.54, 1.807) is 29.6 Å². The number of hydrogen-bond acceptors (Lipinski definition) is 6. The fraction of sp³-hybridized carbons (Fsp3) is 0.176. The van der Waals surface area contributed by atoms with Crippen molar-refractivity contribution in [2.24, 2.45) is 0 Å². The molecule has 0 fully saturated rings. The summed E-state index contributed by atoms with van der Waals surface area (Å²) in [5.41, 5.74) is -0.613. The molecule has 3 rings (SSSR count). The third-order valence-electron chi connectivity index (χ3n) is 3.84. The van der Waals surface area contributed by atoms with Gasteiger partial charge in [0.2, 0.25) is 0 Å². The lowest BCUT2D eigenvalue weighted by molar-refractivity contribution is -0.161. The second-order valence-corrected chi connectivity index (χ2v) is 6.89. The van der Waals surface area contributed by atoms with E-state index >= 15 is 0 Å². The number of nitrogens with zero attached hydrogens (tertiary/aromatic N) is 3. The molecule has 0 saturated heterocycles. The van der Waals surface area contributed by atoms with Crippen molar-refractivity contribution in [2.75, 3.05) is 6.61 Å². The van der Waals surface area contributed by atoms with Crippen LogP contribution in [0.5, 0.6) is 0 Å². The highest BCUT2D eigenvalue weighted by atomic mass is 35.5. The van der Waals surface area contributed by atoms with Gasteiger partial charge in [0.1, 0.15) is 11.6 Å². The third kappa shape index (κ3) is 4.63. The maximum Gasteiger partial charge on any atom is 0.410 e. The molecule has 1 amide bonds. The van der Waals surface area contributed by atoms with Crippen molar-refractivity contribution in [2.45, 2.75) is 12.2 Å². The van der Waals surface area contributed by atoms with Crippen molar-refractivity contribution >= 4 is 29.0 Å². The van der Waals surface area contributed by atoms with Gasteiger partial charge in [-0.15, -0.1) is 0 Å². The van der Waals surface area contributed by atoms with Gasteiger partial charge in [-0.1, -0.05) is 23.7 Å². The number of halogens is 4. The molecule has 1 aromatic carbocycles. The Balaban J connectivity index is 2.11. The van der Waals surface area contributed by atoms with Crippen LogP contribution in [0.15, 0.2) is 46.7 Å². The van der Waals surface area contributed by atoms with Crippen molar-refractivity contribution in [3.05, 3.63) is 62.8 Å². The first kappa shape index (κ1) is 21.0. The summed E-state index contributed by atoms with van der Waals surface area (Å²) in [7, 11) is 0. The normalized spacial score (nSPS) is 12.6. The van der Waals surface area contributed by atoms with Crippen LogP contribution in [0.4, 0.5) is 13.2 Å². The van der Waals surface area contributed by atoms with Crippen molar-refractivity contribution in [1.82, 2.24) is 19.5 Å². The van der Waals surface area contributed by atoms with Gasteiger partial charge in [-0.3, -0.25) is 9.59 Å². The molecule has 1 atom stereocenters. The summed E-state index contributed by atoms with van der Waals surface area (Å²) in [6.45, 7) is -1.37. The SMILES string of the molecule is O=C(N[C@H](CO)C(F)(F)F)c1cc(-c2ccc(Cl)cc2)nn(-c2cnsc2)c1=O. The first-order chi connectivity index (χ1) is 13.7. The minimum Gasteiger partial charge on any atom is -0.394 e. The Bertz CT molecular complexity index is 1070. The summed E-state index contributed by atoms with van der Waals surface area (Å²) in [4.78, 5) is 25.2. The van der Waals surface area contributed by atoms with Crippen molar-refractivity contribution < 1.29 is 23.1 Å². The van der Waals surface area contributed by atoms with Gasteiger partial charge in [0.15, 0.2) is 0 Å². The van der Waals surface area contributed by atoms with Gasteiger partial charge >= 0.3 is 6.18 Å². The molecule has 0 spiro atoms. The quantitative estimate of drug-likeness (QED) is 0.630. The zero-order valence-electron chi connectivity index (χ0n) is 14.4. The molecule has 2 heterocycles. The van der Waals surface area contributed by atoms with Gasteiger partial charge in [0.05, 0.1) is 24.2 Å². The highest BCUT2D eigenvalue weighted by molar-refractivity contribution is 7.03. The molecule has 0 aliphatic carbocycles. The second kappa shape index (κ2) is 8.31. The lowest BCUT2D eigenvalue weighted by atomic mass is 10.1. The van der Waals surface area contributed by atoms with Gasteiger partial charge in [-0.05, 0) is 29.7 Å². The van der Waals surface area contributed by atoms with E-state index in [0.29, 0.717) is 10.6 Å². The number of nitrogens with one attached hydrogen (secondary N) is 1. The lowest BCUT2D eigenvalue weighted by Gasteiger charge is -2.19. The number of alkyl halides is 3. The van der Waals surface area contributed by atoms with Crippen molar-refractivity contribution in [3.63, 3.8) is 0 Å². The Morgan fingerprint density at radius 3 is 2.55 bits per heavy atom. The van der Waals surface area contributed by atoms with E-state index in [-0.39, 0.29) is 11.4 Å². The molecule has 3 aromatic rings. The molecule has 0 saturated carbocycles. The van der Waals surface area contributed by atoms with Crippen LogP contribution in [0, 0.1) is 0 Å². The maximum atomic E-state index is 12.9. The fourth-order valence-electron chi connectivity index (χ4n) is 2.36. The predicted molar refractivity (Wildman–Crippen MR) is 100 cm³/mol. The van der Waals surface area contributed by atoms with Crippen LogP contribution < -0.4 is 10.9 Å². The third-order valence-corrected chi connectivity index (χ3v) is 4.67. The minimum absolute atomic E-state index is 0.158. The molecule has 0 radical (unpaired) electrons. The van der Waals surface area contributed by atoms with Crippen LogP contribution >= 0.6 is 23.1 Å². The zero-order valence-corrected chi connectivity index (χ0v) is 15.9. The average molecular weight is 445 g/mol. The Morgan fingerprint density at radius 1 is 1.31 bits per heavy atom. The van der Waals surface area contributed by atoms with Crippen LogP contribution in [-0.2, 0) is 0 Å². The van der Waals surface area contributed by atoms with Gasteiger partial charge < -0.3 is 10.4 Å². The van der Waals surface area contributed by atoms with Gasteiger partial charge in [-0.25, -0.2) is 0 Å². The molecule has 0 aliphatic rings. The van der Waals surface area contributed by atoms with E-state index < -0.39 is 35.9 Å². The smallest absolute Gasteiger partial charge is 0.394 e. The summed E-state index contributed by atoms with van der Waals surface area (Å²) < 4.78 is 43.4. The number of carbonyl (C=O) groups excluding carboxylic acids is 1. The van der Waals surface area contributed by atoms with E-state index in [2.05, 4.69) is 9.47 Å². The van der Waals surface area contributed by atoms with E-state index in [1.807, 2.05) is 0 Å². The maximum absolute atomic E-state index is 12.9. The fourth-order valence-corrected chi connectivity index (χ4v) is 2.99. The van der Waals surface area contributed by atoms with Gasteiger partial charge in [-0.2, -0.15) is 27.3 Å². The summed E-state index contributed by atoms with van der Waals surface area (Å²) in [6.07, 6.45) is -3.55. The summed E-state index contributed by atoms with van der Waals surface area (Å²) in [5, 5.41) is 16.7. The first-order valence-corrected chi connectivity index (χ1v) is 9.20. The molecule has 0 aliphatic heterocycles. The highest BCUT2D eigenvalue weighted by Gasteiger charge is 2.40. The molecule has 29 heavy (non-hydrogen) atoms. The molecule has 2 N–H and O–H groups in total. The minimum atomic E-state index is -4.88. The monoisotopic (exact) mass is 444 g/mol. The largest absolute Gasteiger partial charge is 0.410 e. The molecule has 7 nitrogen and oxygen atoms in total. The highest BCUT2D eigenvalue weighted by Crippen LogP contribution is 2.22. The molecular formula is C17H12ClF3N4O3S. The summed E-state index contributed by atoms with van der Waals surface area (Å²) in [6, 6.07) is 4.86. The Labute approximate surface area is 170 Å². The first-order valence-electron chi connectivity index (χ1n) is 7.99. The molecule has 2 aromatic heterocycles. The molecule has 12 heteroatoms. The topological polar surface area (TPSA) is 97.1 Å². The lowest BCUT2D eigenvalue weighted by Crippen LogP contribution is -2.49. The number of benzene rings is 1. The summed E-state index contributed by atoms with van der Waals surface area (Å²) >= 11 is 6.89. The number of hydrogen-bond donors (Lipinski definition) is 2. The molecule has 0 unspecified atom stereocenters. The molecule has 152 valence electrons. The van der Waals surface area contributed by atoms with Crippen molar-refractivity contribution in [3.8, 4) is 16.9 Å². The van der Waals surface area contributed by atoms with Crippen LogP contribution in [0.3, 0.4) is 0 Å². The second-order valence-electron chi connectivity index (χ2n) is 5.80. The average Bonchev–Trinajstić information content (AvgIpc) is 3.20. The molecule has 0 bridgehead atoms. The van der Waals surface area contributed by atoms with Crippen LogP contribution in [-0.4, -0.2) is 44.0 Å². The number of amides is 1. The molecular weight excluding hydrogens is 433 g/mol. The van der Waals surface area contributed by atoms with Crippen LogP contribution in [0.1, 0.15) is 10.4 Å².